The van der Waals surface area contributed by atoms with Gasteiger partial charge in [-0.15, -0.1) is 17.0 Å². The Hall–Kier alpha value is -2.18. The van der Waals surface area contributed by atoms with E-state index in [9.17, 15) is 4.79 Å². The molecular weight excluding hydrogens is 370 g/mol. The minimum atomic E-state index is 0. The fourth-order valence-electron chi connectivity index (χ4n) is 2.49. The monoisotopic (exact) mass is 389 g/mol. The van der Waals surface area contributed by atoms with Gasteiger partial charge in [0, 0.05) is 19.2 Å². The predicted molar refractivity (Wildman–Crippen MR) is 101 cm³/mol. The van der Waals surface area contributed by atoms with Crippen molar-refractivity contribution in [2.45, 2.75) is 6.54 Å². The second-order valence-electron chi connectivity index (χ2n) is 5.22. The van der Waals surface area contributed by atoms with E-state index in [0.717, 1.165) is 11.0 Å². The van der Waals surface area contributed by atoms with Crippen molar-refractivity contribution in [1.82, 2.24) is 9.55 Å². The molecule has 6 heteroatoms. The summed E-state index contributed by atoms with van der Waals surface area (Å²) in [4.78, 5) is 17.1. The van der Waals surface area contributed by atoms with E-state index in [4.69, 9.17) is 4.74 Å². The standard InChI is InChI=1S/C18H19N3O2.BrH/c1-23-12-11-19-18-20-15-9-5-6-10-16(15)21(18)13-17(22)14-7-3-2-4-8-14;/h2-10H,11-13H2,1H3,(H,19,20);1H. The molecule has 0 unspecified atom stereocenters. The zero-order valence-electron chi connectivity index (χ0n) is 13.4. The quantitative estimate of drug-likeness (QED) is 0.495. The highest BCUT2D eigenvalue weighted by atomic mass is 79.9. The third kappa shape index (κ3) is 4.01. The molecule has 0 aliphatic rings. The maximum atomic E-state index is 12.5. The van der Waals surface area contributed by atoms with Gasteiger partial charge in [0.15, 0.2) is 5.78 Å². The summed E-state index contributed by atoms with van der Waals surface area (Å²) in [7, 11) is 1.66. The van der Waals surface area contributed by atoms with Crippen LogP contribution in [0.3, 0.4) is 0 Å². The smallest absolute Gasteiger partial charge is 0.204 e. The number of imidazole rings is 1. The lowest BCUT2D eigenvalue weighted by Gasteiger charge is -2.10. The number of Topliss-reactive ketones (excluding diaryl/α,β-unsaturated/α-hetero) is 1. The fraction of sp³-hybridized carbons (Fsp3) is 0.222. The first kappa shape index (κ1) is 18.2. The van der Waals surface area contributed by atoms with E-state index in [2.05, 4.69) is 10.3 Å². The number of anilines is 1. The maximum Gasteiger partial charge on any atom is 0.204 e. The fourth-order valence-corrected chi connectivity index (χ4v) is 2.49. The van der Waals surface area contributed by atoms with Gasteiger partial charge in [-0.2, -0.15) is 0 Å². The number of rotatable bonds is 7. The third-order valence-electron chi connectivity index (χ3n) is 3.64. The molecule has 0 saturated carbocycles. The highest BCUT2D eigenvalue weighted by Gasteiger charge is 2.14. The first-order chi connectivity index (χ1) is 11.3. The topological polar surface area (TPSA) is 56.1 Å². The number of carbonyl (C=O) groups is 1. The van der Waals surface area contributed by atoms with Gasteiger partial charge in [0.25, 0.3) is 0 Å². The molecule has 0 aliphatic carbocycles. The lowest BCUT2D eigenvalue weighted by atomic mass is 10.1. The summed E-state index contributed by atoms with van der Waals surface area (Å²) >= 11 is 0. The second kappa shape index (κ2) is 8.61. The number of nitrogens with one attached hydrogen (secondary N) is 1. The van der Waals surface area contributed by atoms with Crippen LogP contribution in [0.4, 0.5) is 5.95 Å². The number of benzene rings is 2. The first-order valence-electron chi connectivity index (χ1n) is 7.56. The number of nitrogens with zero attached hydrogens (tertiary/aromatic N) is 2. The average Bonchev–Trinajstić information content (AvgIpc) is 2.94. The molecule has 126 valence electrons. The number of halogens is 1. The lowest BCUT2D eigenvalue weighted by molar-refractivity contribution is 0.0974. The SMILES string of the molecule is Br.COCCNc1nc2ccccc2n1CC(=O)c1ccccc1. The summed E-state index contributed by atoms with van der Waals surface area (Å²) < 4.78 is 6.98. The number of fused-ring (bicyclic) bond motifs is 1. The molecule has 0 atom stereocenters. The normalized spacial score (nSPS) is 10.4. The average molecular weight is 390 g/mol. The molecule has 0 aliphatic heterocycles. The van der Waals surface area contributed by atoms with Gasteiger partial charge in [0.2, 0.25) is 5.95 Å². The summed E-state index contributed by atoms with van der Waals surface area (Å²) in [5, 5.41) is 3.24. The Kier molecular flexibility index (Phi) is 6.52. The molecule has 0 bridgehead atoms. The highest BCUT2D eigenvalue weighted by Crippen LogP contribution is 2.20. The van der Waals surface area contributed by atoms with E-state index < -0.39 is 0 Å². The molecule has 0 saturated heterocycles. The molecule has 5 nitrogen and oxygen atoms in total. The van der Waals surface area contributed by atoms with Crippen molar-refractivity contribution in [3.05, 3.63) is 60.2 Å². The molecule has 1 aromatic heterocycles. The molecule has 1 heterocycles. The molecule has 0 spiro atoms. The molecule has 0 amide bonds. The molecule has 3 aromatic rings. The van der Waals surface area contributed by atoms with Crippen LogP contribution in [0, 0.1) is 0 Å². The van der Waals surface area contributed by atoms with Crippen LogP contribution in [0.25, 0.3) is 11.0 Å². The molecule has 24 heavy (non-hydrogen) atoms. The molecule has 2 aromatic carbocycles. The Bertz CT molecular complexity index is 802. The summed E-state index contributed by atoms with van der Waals surface area (Å²) in [6, 6.07) is 17.1. The Morgan fingerprint density at radius 1 is 1.12 bits per heavy atom. The van der Waals surface area contributed by atoms with E-state index >= 15 is 0 Å². The Morgan fingerprint density at radius 2 is 1.83 bits per heavy atom. The van der Waals surface area contributed by atoms with Gasteiger partial charge in [-0.25, -0.2) is 4.98 Å². The Morgan fingerprint density at radius 3 is 2.58 bits per heavy atom. The van der Waals surface area contributed by atoms with Gasteiger partial charge in [-0.05, 0) is 12.1 Å². The van der Waals surface area contributed by atoms with Crippen molar-refractivity contribution < 1.29 is 9.53 Å². The van der Waals surface area contributed by atoms with E-state index in [0.29, 0.717) is 24.7 Å². The van der Waals surface area contributed by atoms with Crippen molar-refractivity contribution in [3.63, 3.8) is 0 Å². The van der Waals surface area contributed by atoms with Crippen molar-refractivity contribution in [1.29, 1.82) is 0 Å². The number of hydrogen-bond donors (Lipinski definition) is 1. The summed E-state index contributed by atoms with van der Waals surface area (Å²) in [6.45, 7) is 1.47. The Balaban J connectivity index is 0.00000208. The van der Waals surface area contributed by atoms with Crippen LogP contribution in [-0.4, -0.2) is 35.6 Å². The van der Waals surface area contributed by atoms with Crippen LogP contribution < -0.4 is 5.32 Å². The largest absolute Gasteiger partial charge is 0.383 e. The number of methoxy groups -OCH3 is 1. The van der Waals surface area contributed by atoms with Crippen molar-refractivity contribution in [2.75, 3.05) is 25.6 Å². The van der Waals surface area contributed by atoms with Crippen LogP contribution in [0.2, 0.25) is 0 Å². The predicted octanol–water partition coefficient (Wildman–Crippen LogP) is 3.56. The van der Waals surface area contributed by atoms with E-state index in [1.807, 2.05) is 59.2 Å². The molecule has 1 N–H and O–H groups in total. The Labute approximate surface area is 151 Å². The third-order valence-corrected chi connectivity index (χ3v) is 3.64. The lowest BCUT2D eigenvalue weighted by Crippen LogP contribution is -2.16. The minimum Gasteiger partial charge on any atom is -0.383 e. The number of ketones is 1. The number of hydrogen-bond acceptors (Lipinski definition) is 4. The second-order valence-corrected chi connectivity index (χ2v) is 5.22. The summed E-state index contributed by atoms with van der Waals surface area (Å²) in [5.74, 6) is 0.746. The van der Waals surface area contributed by atoms with Crippen LogP contribution in [0.15, 0.2) is 54.6 Å². The van der Waals surface area contributed by atoms with Gasteiger partial charge in [0.1, 0.15) is 0 Å². The van der Waals surface area contributed by atoms with Gasteiger partial charge < -0.3 is 14.6 Å². The minimum absolute atomic E-state index is 0. The van der Waals surface area contributed by atoms with E-state index in [1.54, 1.807) is 7.11 Å². The number of ether oxygens (including phenoxy) is 1. The van der Waals surface area contributed by atoms with Crippen molar-refractivity contribution >= 4 is 39.7 Å². The van der Waals surface area contributed by atoms with Gasteiger partial charge >= 0.3 is 0 Å². The van der Waals surface area contributed by atoms with E-state index in [-0.39, 0.29) is 29.3 Å². The van der Waals surface area contributed by atoms with Gasteiger partial charge in [-0.1, -0.05) is 42.5 Å². The zero-order chi connectivity index (χ0) is 16.1. The van der Waals surface area contributed by atoms with Crippen LogP contribution in [0.5, 0.6) is 0 Å². The number of carbonyl (C=O) groups excluding carboxylic acids is 1. The summed E-state index contributed by atoms with van der Waals surface area (Å²) in [6.07, 6.45) is 0. The maximum absolute atomic E-state index is 12.5. The van der Waals surface area contributed by atoms with Crippen LogP contribution in [0.1, 0.15) is 10.4 Å². The molecule has 0 radical (unpaired) electrons. The van der Waals surface area contributed by atoms with Crippen molar-refractivity contribution in [3.8, 4) is 0 Å². The van der Waals surface area contributed by atoms with Crippen LogP contribution in [-0.2, 0) is 11.3 Å². The van der Waals surface area contributed by atoms with Gasteiger partial charge in [0.05, 0.1) is 24.2 Å². The molecular formula is C18H20BrN3O2. The highest BCUT2D eigenvalue weighted by molar-refractivity contribution is 8.93. The molecule has 3 rings (SSSR count). The first-order valence-corrected chi connectivity index (χ1v) is 7.56. The van der Waals surface area contributed by atoms with Crippen molar-refractivity contribution in [2.24, 2.45) is 0 Å². The van der Waals surface area contributed by atoms with Gasteiger partial charge in [-0.3, -0.25) is 4.79 Å². The summed E-state index contributed by atoms with van der Waals surface area (Å²) in [5.41, 5.74) is 2.51. The van der Waals surface area contributed by atoms with E-state index in [1.165, 1.54) is 0 Å². The molecule has 0 fully saturated rings. The number of aromatic nitrogens is 2. The van der Waals surface area contributed by atoms with Crippen LogP contribution >= 0.6 is 17.0 Å². The number of para-hydroxylation sites is 2. The zero-order valence-corrected chi connectivity index (χ0v) is 15.1.